The van der Waals surface area contributed by atoms with Crippen molar-refractivity contribution in [1.82, 2.24) is 0 Å². The molecule has 1 fully saturated rings. The van der Waals surface area contributed by atoms with Gasteiger partial charge in [-0.25, -0.2) is 0 Å². The van der Waals surface area contributed by atoms with Crippen LogP contribution in [0.2, 0.25) is 0 Å². The maximum atomic E-state index is 5.59. The van der Waals surface area contributed by atoms with Crippen LogP contribution < -0.4 is 0 Å². The largest absolute Gasteiger partial charge is 0.379 e. The monoisotopic (exact) mass is 174 g/mol. The molecule has 0 aromatic carbocycles. The molecule has 2 unspecified atom stereocenters. The van der Waals surface area contributed by atoms with Crippen molar-refractivity contribution in [3.05, 3.63) is 0 Å². The lowest BCUT2D eigenvalue weighted by Crippen LogP contribution is -2.32. The summed E-state index contributed by atoms with van der Waals surface area (Å²) in [5, 5.41) is 0. The first-order valence-electron chi connectivity index (χ1n) is 4.62. The molecule has 1 rings (SSSR count). The molecule has 1 aliphatic heterocycles. The van der Waals surface area contributed by atoms with Crippen LogP contribution in [-0.4, -0.2) is 32.7 Å². The number of rotatable bonds is 4. The van der Waals surface area contributed by atoms with Crippen molar-refractivity contribution >= 4 is 0 Å². The van der Waals surface area contributed by atoms with Gasteiger partial charge in [0.25, 0.3) is 0 Å². The molecular weight excluding hydrogens is 156 g/mol. The van der Waals surface area contributed by atoms with E-state index in [0.29, 0.717) is 6.61 Å². The summed E-state index contributed by atoms with van der Waals surface area (Å²) in [6, 6.07) is 0. The summed E-state index contributed by atoms with van der Waals surface area (Å²) >= 11 is 0. The van der Waals surface area contributed by atoms with Crippen molar-refractivity contribution in [1.29, 1.82) is 0 Å². The lowest BCUT2D eigenvalue weighted by molar-refractivity contribution is -0.191. The number of methoxy groups -OCH3 is 1. The van der Waals surface area contributed by atoms with Crippen LogP contribution in [0.25, 0.3) is 0 Å². The molecule has 0 aromatic heterocycles. The average Bonchev–Trinajstić information content (AvgIpc) is 2.15. The summed E-state index contributed by atoms with van der Waals surface area (Å²) < 4.78 is 16.0. The molecule has 1 heterocycles. The molecule has 0 bridgehead atoms. The third kappa shape index (κ3) is 3.09. The lowest BCUT2D eigenvalue weighted by atomic mass is 10.1. The maximum Gasteiger partial charge on any atom is 0.157 e. The molecule has 3 nitrogen and oxygen atoms in total. The van der Waals surface area contributed by atoms with Crippen molar-refractivity contribution in [2.24, 2.45) is 0 Å². The van der Waals surface area contributed by atoms with Gasteiger partial charge in [0.05, 0.1) is 12.7 Å². The number of ether oxygens (including phenoxy) is 3. The van der Waals surface area contributed by atoms with E-state index in [1.165, 1.54) is 6.42 Å². The van der Waals surface area contributed by atoms with Gasteiger partial charge in [-0.2, -0.15) is 0 Å². The van der Waals surface area contributed by atoms with E-state index in [1.807, 2.05) is 6.92 Å². The van der Waals surface area contributed by atoms with Gasteiger partial charge in [-0.15, -0.1) is 0 Å². The van der Waals surface area contributed by atoms with Gasteiger partial charge >= 0.3 is 0 Å². The Labute approximate surface area is 74.0 Å². The second kappa shape index (κ2) is 5.51. The van der Waals surface area contributed by atoms with Crippen LogP contribution in [0.4, 0.5) is 0 Å². The van der Waals surface area contributed by atoms with E-state index in [2.05, 4.69) is 0 Å². The van der Waals surface area contributed by atoms with Crippen molar-refractivity contribution < 1.29 is 14.2 Å². The van der Waals surface area contributed by atoms with Crippen molar-refractivity contribution in [2.75, 3.05) is 20.3 Å². The van der Waals surface area contributed by atoms with Crippen molar-refractivity contribution in [3.8, 4) is 0 Å². The zero-order valence-electron chi connectivity index (χ0n) is 7.91. The van der Waals surface area contributed by atoms with E-state index >= 15 is 0 Å². The Bertz CT molecular complexity index is 116. The normalized spacial score (nSPS) is 30.5. The number of hydrogen-bond acceptors (Lipinski definition) is 3. The predicted molar refractivity (Wildman–Crippen MR) is 46.0 cm³/mol. The minimum atomic E-state index is -0.00999. The Hall–Kier alpha value is -0.120. The molecule has 0 aliphatic carbocycles. The van der Waals surface area contributed by atoms with Gasteiger partial charge < -0.3 is 14.2 Å². The van der Waals surface area contributed by atoms with Crippen molar-refractivity contribution in [3.63, 3.8) is 0 Å². The summed E-state index contributed by atoms with van der Waals surface area (Å²) in [4.78, 5) is 0. The Morgan fingerprint density at radius 3 is 2.92 bits per heavy atom. The maximum absolute atomic E-state index is 5.59. The molecule has 1 saturated heterocycles. The summed E-state index contributed by atoms with van der Waals surface area (Å²) in [5.41, 5.74) is 0. The Kier molecular flexibility index (Phi) is 4.58. The summed E-state index contributed by atoms with van der Waals surface area (Å²) in [6.07, 6.45) is 3.52. The molecule has 0 saturated carbocycles. The van der Waals surface area contributed by atoms with Gasteiger partial charge in [0.15, 0.2) is 6.29 Å². The molecule has 2 atom stereocenters. The molecule has 0 radical (unpaired) electrons. The topological polar surface area (TPSA) is 27.7 Å². The van der Waals surface area contributed by atoms with Gasteiger partial charge in [-0.3, -0.25) is 0 Å². The fraction of sp³-hybridized carbons (Fsp3) is 1.00. The van der Waals surface area contributed by atoms with Crippen LogP contribution in [0.3, 0.4) is 0 Å². The first kappa shape index (κ1) is 9.96. The van der Waals surface area contributed by atoms with E-state index in [9.17, 15) is 0 Å². The first-order valence-corrected chi connectivity index (χ1v) is 4.62. The standard InChI is InChI=1S/C9H18O3/c1-3-11-7-8-5-4-6-9(10-2)12-8/h8-9H,3-7H2,1-2H3. The van der Waals surface area contributed by atoms with Crippen LogP contribution >= 0.6 is 0 Å². The third-order valence-electron chi connectivity index (χ3n) is 2.08. The fourth-order valence-electron chi connectivity index (χ4n) is 1.41. The Morgan fingerprint density at radius 1 is 1.42 bits per heavy atom. The van der Waals surface area contributed by atoms with E-state index in [0.717, 1.165) is 19.4 Å². The fourth-order valence-corrected chi connectivity index (χ4v) is 1.41. The Morgan fingerprint density at radius 2 is 2.25 bits per heavy atom. The molecule has 0 spiro atoms. The molecule has 12 heavy (non-hydrogen) atoms. The zero-order valence-corrected chi connectivity index (χ0v) is 7.91. The van der Waals surface area contributed by atoms with Crippen LogP contribution in [-0.2, 0) is 14.2 Å². The minimum Gasteiger partial charge on any atom is -0.379 e. The molecule has 3 heteroatoms. The molecule has 72 valence electrons. The van der Waals surface area contributed by atoms with Gasteiger partial charge in [-0.1, -0.05) is 0 Å². The second-order valence-corrected chi connectivity index (χ2v) is 3.01. The highest BCUT2D eigenvalue weighted by Crippen LogP contribution is 2.19. The van der Waals surface area contributed by atoms with Crippen LogP contribution in [0.5, 0.6) is 0 Å². The number of hydrogen-bond donors (Lipinski definition) is 0. The lowest BCUT2D eigenvalue weighted by Gasteiger charge is -2.28. The first-order chi connectivity index (χ1) is 5.86. The summed E-state index contributed by atoms with van der Waals surface area (Å²) in [5.74, 6) is 0. The highest BCUT2D eigenvalue weighted by molar-refractivity contribution is 4.65. The summed E-state index contributed by atoms with van der Waals surface area (Å²) in [6.45, 7) is 3.46. The van der Waals surface area contributed by atoms with Crippen LogP contribution in [0.15, 0.2) is 0 Å². The highest BCUT2D eigenvalue weighted by Gasteiger charge is 2.21. The van der Waals surface area contributed by atoms with E-state index in [1.54, 1.807) is 7.11 Å². The third-order valence-corrected chi connectivity index (χ3v) is 2.08. The molecular formula is C9H18O3. The molecule has 0 N–H and O–H groups in total. The van der Waals surface area contributed by atoms with Gasteiger partial charge in [0.2, 0.25) is 0 Å². The van der Waals surface area contributed by atoms with Crippen LogP contribution in [0, 0.1) is 0 Å². The highest BCUT2D eigenvalue weighted by atomic mass is 16.7. The average molecular weight is 174 g/mol. The smallest absolute Gasteiger partial charge is 0.157 e. The molecule has 0 amide bonds. The van der Waals surface area contributed by atoms with E-state index < -0.39 is 0 Å². The van der Waals surface area contributed by atoms with Gasteiger partial charge in [0.1, 0.15) is 0 Å². The predicted octanol–water partition coefficient (Wildman–Crippen LogP) is 1.56. The van der Waals surface area contributed by atoms with E-state index in [4.69, 9.17) is 14.2 Å². The van der Waals surface area contributed by atoms with Crippen molar-refractivity contribution in [2.45, 2.75) is 38.6 Å². The van der Waals surface area contributed by atoms with E-state index in [-0.39, 0.29) is 12.4 Å². The minimum absolute atomic E-state index is 0.00999. The van der Waals surface area contributed by atoms with Gasteiger partial charge in [-0.05, 0) is 26.2 Å². The Balaban J connectivity index is 2.16. The summed E-state index contributed by atoms with van der Waals surface area (Å²) in [7, 11) is 1.69. The molecule has 1 aliphatic rings. The SMILES string of the molecule is CCOCC1CCCC(OC)O1. The quantitative estimate of drug-likeness (QED) is 0.647. The van der Waals surface area contributed by atoms with Gasteiger partial charge in [0, 0.05) is 13.7 Å². The van der Waals surface area contributed by atoms with Crippen LogP contribution in [0.1, 0.15) is 26.2 Å². The second-order valence-electron chi connectivity index (χ2n) is 3.01. The molecule has 0 aromatic rings. The zero-order chi connectivity index (χ0) is 8.81.